The van der Waals surface area contributed by atoms with Gasteiger partial charge >= 0.3 is 0 Å². The molecule has 0 aromatic heterocycles. The molecule has 0 amide bonds. The highest BCUT2D eigenvalue weighted by molar-refractivity contribution is 5.68. The SMILES string of the molecule is Cc1ccc(C2=CC(C3=CCNC=C3)=CC(c3ccc(C)cc3)O2)cc1. The molecule has 2 nitrogen and oxygen atoms in total. The van der Waals surface area contributed by atoms with Crippen LogP contribution in [0, 0.1) is 13.8 Å². The average molecular weight is 341 g/mol. The Morgan fingerprint density at radius 1 is 0.885 bits per heavy atom. The maximum Gasteiger partial charge on any atom is 0.143 e. The van der Waals surface area contributed by atoms with Crippen LogP contribution in [0.3, 0.4) is 0 Å². The molecule has 0 saturated heterocycles. The monoisotopic (exact) mass is 341 g/mol. The highest BCUT2D eigenvalue weighted by atomic mass is 16.5. The van der Waals surface area contributed by atoms with E-state index in [1.165, 1.54) is 27.8 Å². The minimum atomic E-state index is -0.0870. The van der Waals surface area contributed by atoms with Crippen LogP contribution in [0.15, 0.2) is 90.2 Å². The predicted molar refractivity (Wildman–Crippen MR) is 107 cm³/mol. The molecule has 4 rings (SSSR count). The van der Waals surface area contributed by atoms with E-state index in [-0.39, 0.29) is 6.10 Å². The van der Waals surface area contributed by atoms with E-state index in [0.29, 0.717) is 0 Å². The summed E-state index contributed by atoms with van der Waals surface area (Å²) in [6.45, 7) is 5.06. The van der Waals surface area contributed by atoms with Crippen LogP contribution >= 0.6 is 0 Å². The summed E-state index contributed by atoms with van der Waals surface area (Å²) in [5.74, 6) is 0.918. The summed E-state index contributed by atoms with van der Waals surface area (Å²) in [6, 6.07) is 17.1. The summed E-state index contributed by atoms with van der Waals surface area (Å²) in [5.41, 5.74) is 7.22. The number of allylic oxidation sites excluding steroid dienone is 4. The van der Waals surface area contributed by atoms with Gasteiger partial charge in [0.05, 0.1) is 0 Å². The molecule has 2 heteroatoms. The van der Waals surface area contributed by atoms with Gasteiger partial charge in [-0.25, -0.2) is 0 Å². The fraction of sp³-hybridized carbons (Fsp3) is 0.167. The number of hydrogen-bond donors (Lipinski definition) is 1. The lowest BCUT2D eigenvalue weighted by Crippen LogP contribution is -2.12. The Bertz CT molecular complexity index is 912. The van der Waals surface area contributed by atoms with Crippen molar-refractivity contribution in [3.05, 3.63) is 112 Å². The molecule has 130 valence electrons. The molecule has 1 N–H and O–H groups in total. The van der Waals surface area contributed by atoms with Gasteiger partial charge in [0.2, 0.25) is 0 Å². The first-order chi connectivity index (χ1) is 12.7. The number of aryl methyl sites for hydroxylation is 2. The number of rotatable bonds is 3. The molecule has 2 aliphatic heterocycles. The van der Waals surface area contributed by atoms with Gasteiger partial charge < -0.3 is 10.1 Å². The zero-order valence-electron chi connectivity index (χ0n) is 15.2. The predicted octanol–water partition coefficient (Wildman–Crippen LogP) is 5.39. The lowest BCUT2D eigenvalue weighted by molar-refractivity contribution is 0.211. The van der Waals surface area contributed by atoms with E-state index >= 15 is 0 Å². The van der Waals surface area contributed by atoms with Gasteiger partial charge in [-0.1, -0.05) is 65.7 Å². The van der Waals surface area contributed by atoms with E-state index < -0.39 is 0 Å². The summed E-state index contributed by atoms with van der Waals surface area (Å²) < 4.78 is 6.38. The first kappa shape index (κ1) is 16.5. The molecule has 0 saturated carbocycles. The Kier molecular flexibility index (Phi) is 4.49. The summed E-state index contributed by atoms with van der Waals surface area (Å²) in [4.78, 5) is 0. The summed E-state index contributed by atoms with van der Waals surface area (Å²) in [5, 5.41) is 3.22. The molecule has 2 heterocycles. The van der Waals surface area contributed by atoms with Gasteiger partial charge in [-0.2, -0.15) is 0 Å². The van der Waals surface area contributed by atoms with Gasteiger partial charge in [0, 0.05) is 12.1 Å². The van der Waals surface area contributed by atoms with E-state index in [4.69, 9.17) is 4.74 Å². The molecule has 2 aromatic carbocycles. The van der Waals surface area contributed by atoms with Crippen molar-refractivity contribution in [1.82, 2.24) is 5.32 Å². The van der Waals surface area contributed by atoms with Crippen LogP contribution in [0.4, 0.5) is 0 Å². The molecule has 0 bridgehead atoms. The van der Waals surface area contributed by atoms with E-state index in [2.05, 4.69) is 92.0 Å². The van der Waals surface area contributed by atoms with Crippen molar-refractivity contribution in [2.75, 3.05) is 6.54 Å². The molecular formula is C24H23NO. The van der Waals surface area contributed by atoms with Crippen molar-refractivity contribution in [3.63, 3.8) is 0 Å². The Balaban J connectivity index is 1.74. The highest BCUT2D eigenvalue weighted by Gasteiger charge is 2.20. The van der Waals surface area contributed by atoms with Crippen molar-refractivity contribution in [3.8, 4) is 0 Å². The Labute approximate surface area is 155 Å². The van der Waals surface area contributed by atoms with Crippen LogP contribution in [0.2, 0.25) is 0 Å². The van der Waals surface area contributed by atoms with Crippen LogP contribution in [0.5, 0.6) is 0 Å². The third kappa shape index (κ3) is 3.50. The Hall–Kier alpha value is -3.00. The van der Waals surface area contributed by atoms with Crippen molar-refractivity contribution in [2.45, 2.75) is 20.0 Å². The molecule has 2 aliphatic rings. The zero-order chi connectivity index (χ0) is 17.9. The summed E-state index contributed by atoms with van der Waals surface area (Å²) in [7, 11) is 0. The van der Waals surface area contributed by atoms with Crippen molar-refractivity contribution >= 4 is 5.76 Å². The second-order valence-corrected chi connectivity index (χ2v) is 6.85. The molecular weight excluding hydrogens is 318 g/mol. The van der Waals surface area contributed by atoms with E-state index in [0.717, 1.165) is 17.9 Å². The fourth-order valence-corrected chi connectivity index (χ4v) is 3.19. The largest absolute Gasteiger partial charge is 0.481 e. The average Bonchev–Trinajstić information content (AvgIpc) is 2.69. The van der Waals surface area contributed by atoms with Crippen LogP contribution in [0.25, 0.3) is 5.76 Å². The highest BCUT2D eigenvalue weighted by Crippen LogP contribution is 2.36. The fourth-order valence-electron chi connectivity index (χ4n) is 3.19. The summed E-state index contributed by atoms with van der Waals surface area (Å²) >= 11 is 0. The van der Waals surface area contributed by atoms with Gasteiger partial charge in [-0.3, -0.25) is 0 Å². The maximum absolute atomic E-state index is 6.38. The molecule has 2 aromatic rings. The zero-order valence-corrected chi connectivity index (χ0v) is 15.2. The Morgan fingerprint density at radius 2 is 1.58 bits per heavy atom. The minimum Gasteiger partial charge on any atom is -0.481 e. The maximum atomic E-state index is 6.38. The van der Waals surface area contributed by atoms with Gasteiger partial charge in [-0.15, -0.1) is 0 Å². The van der Waals surface area contributed by atoms with E-state index in [9.17, 15) is 0 Å². The first-order valence-corrected chi connectivity index (χ1v) is 9.03. The molecule has 0 radical (unpaired) electrons. The van der Waals surface area contributed by atoms with Crippen molar-refractivity contribution in [1.29, 1.82) is 0 Å². The number of ether oxygens (including phenoxy) is 1. The van der Waals surface area contributed by atoms with Gasteiger partial charge in [0.15, 0.2) is 0 Å². The van der Waals surface area contributed by atoms with Gasteiger partial charge in [0.1, 0.15) is 11.9 Å². The Morgan fingerprint density at radius 3 is 2.23 bits per heavy atom. The molecule has 0 fully saturated rings. The standard InChI is InChI=1S/C24H23NO/c1-17-3-7-20(8-4-17)23-15-22(19-11-13-25-14-12-19)16-24(26-23)21-9-5-18(2)6-10-21/h3-13,15-16,23,25H,14H2,1-2H3. The third-order valence-electron chi connectivity index (χ3n) is 4.77. The number of dihydropyridines is 1. The smallest absolute Gasteiger partial charge is 0.143 e. The first-order valence-electron chi connectivity index (χ1n) is 9.03. The van der Waals surface area contributed by atoms with Crippen molar-refractivity contribution < 1.29 is 4.74 Å². The second kappa shape index (κ2) is 7.09. The van der Waals surface area contributed by atoms with Gasteiger partial charge in [0.25, 0.3) is 0 Å². The van der Waals surface area contributed by atoms with Crippen LogP contribution in [-0.4, -0.2) is 6.54 Å². The number of nitrogens with one attached hydrogen (secondary N) is 1. The normalized spacial score (nSPS) is 19.0. The van der Waals surface area contributed by atoms with E-state index in [1.54, 1.807) is 0 Å². The van der Waals surface area contributed by atoms with Crippen molar-refractivity contribution in [2.24, 2.45) is 0 Å². The van der Waals surface area contributed by atoms with Crippen LogP contribution < -0.4 is 5.32 Å². The molecule has 0 spiro atoms. The molecule has 0 aliphatic carbocycles. The topological polar surface area (TPSA) is 21.3 Å². The van der Waals surface area contributed by atoms with Crippen LogP contribution in [0.1, 0.15) is 28.4 Å². The number of hydrogen-bond acceptors (Lipinski definition) is 2. The molecule has 1 atom stereocenters. The third-order valence-corrected chi connectivity index (χ3v) is 4.77. The quantitative estimate of drug-likeness (QED) is 0.808. The molecule has 26 heavy (non-hydrogen) atoms. The number of benzene rings is 2. The van der Waals surface area contributed by atoms with Crippen LogP contribution in [-0.2, 0) is 4.74 Å². The second-order valence-electron chi connectivity index (χ2n) is 6.85. The lowest BCUT2D eigenvalue weighted by Gasteiger charge is -2.25. The molecule has 1 unspecified atom stereocenters. The van der Waals surface area contributed by atoms with E-state index in [1.807, 2.05) is 6.20 Å². The summed E-state index contributed by atoms with van der Waals surface area (Å²) in [6.07, 6.45) is 10.6. The van der Waals surface area contributed by atoms with Gasteiger partial charge in [-0.05, 0) is 55.0 Å². The minimum absolute atomic E-state index is 0.0870. The lowest BCUT2D eigenvalue weighted by atomic mass is 9.95.